The third-order valence-electron chi connectivity index (χ3n) is 4.43. The molecule has 1 aromatic heterocycles. The number of carboxylic acids is 1. The first kappa shape index (κ1) is 18.8. The van der Waals surface area contributed by atoms with Crippen LogP contribution in [0, 0.1) is 6.92 Å². The fourth-order valence-corrected chi connectivity index (χ4v) is 3.62. The van der Waals surface area contributed by atoms with Gasteiger partial charge in [0.1, 0.15) is 17.4 Å². The zero-order chi connectivity index (χ0) is 18.7. The quantitative estimate of drug-likeness (QED) is 0.714. The lowest BCUT2D eigenvalue weighted by Gasteiger charge is -2.20. The minimum atomic E-state index is -0.994. The molecule has 0 spiro atoms. The Morgan fingerprint density at radius 1 is 1.50 bits per heavy atom. The molecule has 0 aliphatic carbocycles. The van der Waals surface area contributed by atoms with Gasteiger partial charge in [-0.1, -0.05) is 0 Å². The van der Waals surface area contributed by atoms with E-state index in [0.717, 1.165) is 21.9 Å². The number of nitrogens with zero attached hydrogens (tertiary/aromatic N) is 2. The van der Waals surface area contributed by atoms with Crippen molar-refractivity contribution in [3.8, 4) is 16.3 Å². The van der Waals surface area contributed by atoms with Gasteiger partial charge in [-0.15, -0.1) is 11.3 Å². The van der Waals surface area contributed by atoms with Crippen LogP contribution in [0.15, 0.2) is 24.4 Å². The molecule has 3 N–H and O–H groups in total. The summed E-state index contributed by atoms with van der Waals surface area (Å²) in [6.07, 6.45) is 2.58. The second kappa shape index (κ2) is 8.13. The van der Waals surface area contributed by atoms with E-state index < -0.39 is 5.97 Å². The molecule has 0 radical (unpaired) electrons. The van der Waals surface area contributed by atoms with Crippen LogP contribution in [0.25, 0.3) is 10.6 Å². The van der Waals surface area contributed by atoms with Crippen LogP contribution >= 0.6 is 11.3 Å². The summed E-state index contributed by atoms with van der Waals surface area (Å²) < 4.78 is 11.6. The van der Waals surface area contributed by atoms with Crippen molar-refractivity contribution in [2.75, 3.05) is 26.9 Å². The van der Waals surface area contributed by atoms with E-state index in [4.69, 9.17) is 15.2 Å². The highest BCUT2D eigenvalue weighted by atomic mass is 32.1. The van der Waals surface area contributed by atoms with E-state index in [-0.39, 0.29) is 17.7 Å². The van der Waals surface area contributed by atoms with Crippen LogP contribution in [0.5, 0.6) is 5.75 Å². The summed E-state index contributed by atoms with van der Waals surface area (Å²) in [5.41, 5.74) is 6.58. The van der Waals surface area contributed by atoms with Crippen LogP contribution in [-0.2, 0) is 4.74 Å². The Labute approximate surface area is 156 Å². The molecule has 1 aromatic carbocycles. The summed E-state index contributed by atoms with van der Waals surface area (Å²) in [6.45, 7) is 3.44. The smallest absolute Gasteiger partial charge is 0.335 e. The maximum absolute atomic E-state index is 11.4. The Morgan fingerprint density at radius 3 is 2.96 bits per heavy atom. The monoisotopic (exact) mass is 377 g/mol. The zero-order valence-corrected chi connectivity index (χ0v) is 15.7. The maximum atomic E-state index is 11.4. The highest BCUT2D eigenvalue weighted by Gasteiger charge is 2.28. The Balaban J connectivity index is 1.71. The van der Waals surface area contributed by atoms with Gasteiger partial charge in [0.25, 0.3) is 0 Å². The van der Waals surface area contributed by atoms with Crippen molar-refractivity contribution >= 4 is 17.3 Å². The molecule has 3 rings (SSSR count). The van der Waals surface area contributed by atoms with E-state index in [1.165, 1.54) is 17.4 Å². The summed E-state index contributed by atoms with van der Waals surface area (Å²) >= 11 is 1.52. The molecule has 2 heterocycles. The van der Waals surface area contributed by atoms with Crippen molar-refractivity contribution in [2.24, 2.45) is 5.73 Å². The van der Waals surface area contributed by atoms with Crippen molar-refractivity contribution in [2.45, 2.75) is 25.5 Å². The fourth-order valence-electron chi connectivity index (χ4n) is 2.87. The van der Waals surface area contributed by atoms with Gasteiger partial charge in [0.15, 0.2) is 0 Å². The number of aryl methyl sites for hydroxylation is 1. The van der Waals surface area contributed by atoms with E-state index in [9.17, 15) is 9.90 Å². The van der Waals surface area contributed by atoms with E-state index in [0.29, 0.717) is 25.6 Å². The van der Waals surface area contributed by atoms with Gasteiger partial charge in [0.2, 0.25) is 0 Å². The topological polar surface area (TPSA) is 97.9 Å². The van der Waals surface area contributed by atoms with Crippen molar-refractivity contribution < 1.29 is 19.4 Å². The standard InChI is InChI=1S/C18H23N3O4S/c1-11-7-20-17(26-11)12-3-13(18(22)23)5-15(4-12)25-9-16-6-14(8-24-16)21(2)10-19/h3-5,7,14,16H,6,8-10,19H2,1-2H3,(H,22,23). The lowest BCUT2D eigenvalue weighted by molar-refractivity contribution is 0.0633. The molecule has 7 nitrogen and oxygen atoms in total. The molecule has 0 amide bonds. The average molecular weight is 377 g/mol. The first-order valence-corrected chi connectivity index (χ1v) is 9.24. The summed E-state index contributed by atoms with van der Waals surface area (Å²) in [6, 6.07) is 5.26. The van der Waals surface area contributed by atoms with Crippen molar-refractivity contribution in [3.05, 3.63) is 34.8 Å². The number of hydrogen-bond donors (Lipinski definition) is 2. The van der Waals surface area contributed by atoms with E-state index in [1.54, 1.807) is 12.3 Å². The predicted molar refractivity (Wildman–Crippen MR) is 99.7 cm³/mol. The first-order valence-electron chi connectivity index (χ1n) is 8.42. The van der Waals surface area contributed by atoms with Crippen molar-refractivity contribution in [1.29, 1.82) is 0 Å². The molecule has 2 unspecified atom stereocenters. The number of benzene rings is 1. The number of ether oxygens (including phenoxy) is 2. The molecule has 2 aromatic rings. The lowest BCUT2D eigenvalue weighted by Crippen LogP contribution is -2.36. The molecule has 0 saturated carbocycles. The van der Waals surface area contributed by atoms with Gasteiger partial charge >= 0.3 is 5.97 Å². The Morgan fingerprint density at radius 2 is 2.31 bits per heavy atom. The minimum Gasteiger partial charge on any atom is -0.491 e. The number of likely N-dealkylation sites (N-methyl/N-ethyl adjacent to an activating group) is 1. The number of nitrogens with two attached hydrogens (primary N) is 1. The van der Waals surface area contributed by atoms with Gasteiger partial charge in [-0.05, 0) is 38.6 Å². The van der Waals surface area contributed by atoms with Gasteiger partial charge in [-0.25, -0.2) is 9.78 Å². The third-order valence-corrected chi connectivity index (χ3v) is 5.39. The molecule has 1 fully saturated rings. The molecular weight excluding hydrogens is 354 g/mol. The highest BCUT2D eigenvalue weighted by molar-refractivity contribution is 7.14. The molecule has 1 aliphatic rings. The largest absolute Gasteiger partial charge is 0.491 e. The number of aromatic nitrogens is 1. The summed E-state index contributed by atoms with van der Waals surface area (Å²) in [4.78, 5) is 18.9. The third kappa shape index (κ3) is 4.39. The van der Waals surface area contributed by atoms with E-state index >= 15 is 0 Å². The normalized spacial score (nSPS) is 19.8. The highest BCUT2D eigenvalue weighted by Crippen LogP contribution is 2.30. The Kier molecular flexibility index (Phi) is 5.87. The summed E-state index contributed by atoms with van der Waals surface area (Å²) in [5, 5.41) is 10.1. The number of carboxylic acid groups (broad SMARTS) is 1. The van der Waals surface area contributed by atoms with Crippen LogP contribution in [0.4, 0.5) is 0 Å². The number of hydrogen-bond acceptors (Lipinski definition) is 7. The van der Waals surface area contributed by atoms with E-state index in [1.807, 2.05) is 24.9 Å². The number of rotatable bonds is 7. The second-order valence-corrected chi connectivity index (χ2v) is 7.66. The molecule has 1 aliphatic heterocycles. The molecule has 26 heavy (non-hydrogen) atoms. The maximum Gasteiger partial charge on any atom is 0.335 e. The molecule has 0 bridgehead atoms. The van der Waals surface area contributed by atoms with Crippen LogP contribution in [0.2, 0.25) is 0 Å². The number of carbonyl (C=O) groups is 1. The molecule has 8 heteroatoms. The van der Waals surface area contributed by atoms with Gasteiger partial charge in [0.05, 0.1) is 18.3 Å². The van der Waals surface area contributed by atoms with Crippen LogP contribution in [0.1, 0.15) is 21.7 Å². The summed E-state index contributed by atoms with van der Waals surface area (Å²) in [7, 11) is 1.97. The minimum absolute atomic E-state index is 0.0342. The Hall–Kier alpha value is -2.00. The molecule has 140 valence electrons. The average Bonchev–Trinajstić information content (AvgIpc) is 3.28. The lowest BCUT2D eigenvalue weighted by atomic mass is 10.1. The van der Waals surface area contributed by atoms with Crippen molar-refractivity contribution in [3.63, 3.8) is 0 Å². The first-order chi connectivity index (χ1) is 12.5. The van der Waals surface area contributed by atoms with Crippen LogP contribution in [-0.4, -0.2) is 60.0 Å². The SMILES string of the molecule is Cc1cnc(-c2cc(OCC3CC(N(C)CN)CO3)cc(C(=O)O)c2)s1. The van der Waals surface area contributed by atoms with Crippen LogP contribution < -0.4 is 10.5 Å². The van der Waals surface area contributed by atoms with Crippen molar-refractivity contribution in [1.82, 2.24) is 9.88 Å². The number of thiazole rings is 1. The molecular formula is C18H23N3O4S. The van der Waals surface area contributed by atoms with Gasteiger partial charge in [-0.2, -0.15) is 0 Å². The van der Waals surface area contributed by atoms with Gasteiger partial charge in [-0.3, -0.25) is 4.90 Å². The predicted octanol–water partition coefficient (Wildman–Crippen LogP) is 2.20. The fraction of sp³-hybridized carbons (Fsp3) is 0.444. The van der Waals surface area contributed by atoms with Gasteiger partial charge < -0.3 is 20.3 Å². The second-order valence-electron chi connectivity index (χ2n) is 6.42. The van der Waals surface area contributed by atoms with Gasteiger partial charge in [0, 0.05) is 29.3 Å². The molecule has 2 atom stereocenters. The van der Waals surface area contributed by atoms with E-state index in [2.05, 4.69) is 4.98 Å². The Bertz CT molecular complexity index is 780. The zero-order valence-electron chi connectivity index (χ0n) is 14.8. The van der Waals surface area contributed by atoms with Crippen LogP contribution in [0.3, 0.4) is 0 Å². The number of aromatic carboxylic acids is 1. The molecule has 1 saturated heterocycles. The summed E-state index contributed by atoms with van der Waals surface area (Å²) in [5.74, 6) is -0.487.